The lowest BCUT2D eigenvalue weighted by Gasteiger charge is -2.14. The highest BCUT2D eigenvalue weighted by Gasteiger charge is 2.11. The van der Waals surface area contributed by atoms with Gasteiger partial charge in [0.25, 0.3) is 5.91 Å². The van der Waals surface area contributed by atoms with Gasteiger partial charge in [-0.15, -0.1) is 11.3 Å². The number of benzene rings is 1. The number of carbonyl (C=O) groups excluding carboxylic acids is 1. The number of hydrogen-bond donors (Lipinski definition) is 1. The molecule has 0 spiro atoms. The maximum atomic E-state index is 11.9. The third kappa shape index (κ3) is 2.94. The number of aryl methyl sites for hydroxylation is 1. The van der Waals surface area contributed by atoms with Gasteiger partial charge in [0, 0.05) is 0 Å². The lowest BCUT2D eigenvalue weighted by atomic mass is 10.1. The molecular weight excluding hydrogens is 230 g/mol. The van der Waals surface area contributed by atoms with Crippen molar-refractivity contribution in [2.24, 2.45) is 0 Å². The summed E-state index contributed by atoms with van der Waals surface area (Å²) in [4.78, 5) is 12.6. The molecule has 1 atom stereocenters. The molecule has 1 amide bonds. The molecule has 0 aliphatic heterocycles. The van der Waals surface area contributed by atoms with E-state index in [-0.39, 0.29) is 11.9 Å². The molecule has 2 rings (SSSR count). The molecule has 0 saturated heterocycles. The first-order valence-electron chi connectivity index (χ1n) is 5.58. The van der Waals surface area contributed by atoms with Crippen molar-refractivity contribution in [3.05, 3.63) is 57.8 Å². The fraction of sp³-hybridized carbons (Fsp3) is 0.214. The summed E-state index contributed by atoms with van der Waals surface area (Å²) in [6.45, 7) is 4.05. The van der Waals surface area contributed by atoms with E-state index in [1.807, 2.05) is 36.6 Å². The van der Waals surface area contributed by atoms with Crippen molar-refractivity contribution < 1.29 is 4.79 Å². The largest absolute Gasteiger partial charge is 0.345 e. The molecule has 2 aromatic rings. The molecule has 1 unspecified atom stereocenters. The van der Waals surface area contributed by atoms with Gasteiger partial charge < -0.3 is 5.32 Å². The molecule has 1 N–H and O–H groups in total. The Morgan fingerprint density at radius 2 is 2.12 bits per heavy atom. The Bertz CT molecular complexity index is 505. The van der Waals surface area contributed by atoms with E-state index in [2.05, 4.69) is 24.4 Å². The van der Waals surface area contributed by atoms with Crippen LogP contribution in [-0.4, -0.2) is 5.91 Å². The maximum Gasteiger partial charge on any atom is 0.261 e. The van der Waals surface area contributed by atoms with E-state index in [1.165, 1.54) is 16.9 Å². The quantitative estimate of drug-likeness (QED) is 0.880. The topological polar surface area (TPSA) is 29.1 Å². The second-order valence-electron chi connectivity index (χ2n) is 4.09. The summed E-state index contributed by atoms with van der Waals surface area (Å²) in [6, 6.07) is 11.9. The minimum Gasteiger partial charge on any atom is -0.345 e. The van der Waals surface area contributed by atoms with Crippen LogP contribution in [0.15, 0.2) is 41.8 Å². The fourth-order valence-corrected chi connectivity index (χ4v) is 2.33. The van der Waals surface area contributed by atoms with Gasteiger partial charge in [-0.05, 0) is 30.9 Å². The Morgan fingerprint density at radius 1 is 1.29 bits per heavy atom. The number of hydrogen-bond acceptors (Lipinski definition) is 2. The van der Waals surface area contributed by atoms with Gasteiger partial charge in [0.1, 0.15) is 0 Å². The Balaban J connectivity index is 2.07. The van der Waals surface area contributed by atoms with Crippen LogP contribution in [0, 0.1) is 6.92 Å². The van der Waals surface area contributed by atoms with E-state index in [0.29, 0.717) is 0 Å². The molecule has 0 aliphatic rings. The van der Waals surface area contributed by atoms with Crippen LogP contribution in [0.4, 0.5) is 0 Å². The second-order valence-corrected chi connectivity index (χ2v) is 5.03. The van der Waals surface area contributed by atoms with Crippen molar-refractivity contribution in [2.45, 2.75) is 19.9 Å². The van der Waals surface area contributed by atoms with Crippen molar-refractivity contribution in [1.82, 2.24) is 5.32 Å². The van der Waals surface area contributed by atoms with E-state index in [9.17, 15) is 4.79 Å². The molecule has 0 bridgehead atoms. The molecule has 3 heteroatoms. The standard InChI is InChI=1S/C14H15NOS/c1-10-5-3-6-12(9-10)11(2)15-14(16)13-7-4-8-17-13/h3-9,11H,1-2H3,(H,15,16). The third-order valence-corrected chi connectivity index (χ3v) is 3.50. The van der Waals surface area contributed by atoms with Crippen LogP contribution in [0.2, 0.25) is 0 Å². The predicted molar refractivity (Wildman–Crippen MR) is 71.4 cm³/mol. The van der Waals surface area contributed by atoms with Crippen LogP contribution < -0.4 is 5.32 Å². The van der Waals surface area contributed by atoms with E-state index in [0.717, 1.165) is 10.4 Å². The van der Waals surface area contributed by atoms with Gasteiger partial charge in [-0.25, -0.2) is 0 Å². The molecule has 0 aliphatic carbocycles. The van der Waals surface area contributed by atoms with Crippen LogP contribution in [0.5, 0.6) is 0 Å². The van der Waals surface area contributed by atoms with E-state index >= 15 is 0 Å². The molecule has 0 saturated carbocycles. The maximum absolute atomic E-state index is 11.9. The highest BCUT2D eigenvalue weighted by molar-refractivity contribution is 7.12. The smallest absolute Gasteiger partial charge is 0.261 e. The Kier molecular flexibility index (Phi) is 3.59. The first kappa shape index (κ1) is 11.9. The summed E-state index contributed by atoms with van der Waals surface area (Å²) in [5.41, 5.74) is 2.34. The van der Waals surface area contributed by atoms with Gasteiger partial charge in [-0.2, -0.15) is 0 Å². The summed E-state index contributed by atoms with van der Waals surface area (Å²) < 4.78 is 0. The molecule has 17 heavy (non-hydrogen) atoms. The van der Waals surface area contributed by atoms with E-state index in [1.54, 1.807) is 0 Å². The SMILES string of the molecule is Cc1cccc(C(C)NC(=O)c2cccs2)c1. The van der Waals surface area contributed by atoms with Gasteiger partial charge in [0.15, 0.2) is 0 Å². The summed E-state index contributed by atoms with van der Waals surface area (Å²) in [5.74, 6) is -0.00555. The second kappa shape index (κ2) is 5.15. The van der Waals surface area contributed by atoms with Gasteiger partial charge in [-0.3, -0.25) is 4.79 Å². The number of rotatable bonds is 3. The summed E-state index contributed by atoms with van der Waals surface area (Å²) in [6.07, 6.45) is 0. The molecule has 1 aromatic heterocycles. The van der Waals surface area contributed by atoms with Crippen molar-refractivity contribution in [1.29, 1.82) is 0 Å². The van der Waals surface area contributed by atoms with Crippen LogP contribution in [0.25, 0.3) is 0 Å². The van der Waals surface area contributed by atoms with Crippen molar-refractivity contribution in [3.8, 4) is 0 Å². The normalized spacial score (nSPS) is 12.1. The van der Waals surface area contributed by atoms with Crippen LogP contribution >= 0.6 is 11.3 Å². The van der Waals surface area contributed by atoms with Crippen molar-refractivity contribution >= 4 is 17.2 Å². The molecule has 0 radical (unpaired) electrons. The van der Waals surface area contributed by atoms with Crippen molar-refractivity contribution in [3.63, 3.8) is 0 Å². The molecule has 88 valence electrons. The molecule has 0 fully saturated rings. The van der Waals surface area contributed by atoms with Gasteiger partial charge in [-0.1, -0.05) is 35.9 Å². The highest BCUT2D eigenvalue weighted by atomic mass is 32.1. The lowest BCUT2D eigenvalue weighted by Crippen LogP contribution is -2.25. The van der Waals surface area contributed by atoms with Crippen molar-refractivity contribution in [2.75, 3.05) is 0 Å². The van der Waals surface area contributed by atoms with E-state index in [4.69, 9.17) is 0 Å². The Labute approximate surface area is 105 Å². The monoisotopic (exact) mass is 245 g/mol. The number of thiophene rings is 1. The zero-order chi connectivity index (χ0) is 12.3. The van der Waals surface area contributed by atoms with Crippen LogP contribution in [0.1, 0.15) is 33.8 Å². The average Bonchev–Trinajstić information content (AvgIpc) is 2.82. The molecule has 1 aromatic carbocycles. The minimum absolute atomic E-state index is 0.00555. The molecule has 2 nitrogen and oxygen atoms in total. The molecular formula is C14H15NOS. The summed E-state index contributed by atoms with van der Waals surface area (Å²) >= 11 is 1.46. The average molecular weight is 245 g/mol. The van der Waals surface area contributed by atoms with E-state index < -0.39 is 0 Å². The van der Waals surface area contributed by atoms with Gasteiger partial charge in [0.2, 0.25) is 0 Å². The van der Waals surface area contributed by atoms with Gasteiger partial charge in [0.05, 0.1) is 10.9 Å². The zero-order valence-corrected chi connectivity index (χ0v) is 10.8. The molecule has 1 heterocycles. The first-order valence-corrected chi connectivity index (χ1v) is 6.46. The zero-order valence-electron chi connectivity index (χ0n) is 9.94. The predicted octanol–water partition coefficient (Wildman–Crippen LogP) is 3.55. The van der Waals surface area contributed by atoms with Gasteiger partial charge >= 0.3 is 0 Å². The van der Waals surface area contributed by atoms with Crippen LogP contribution in [0.3, 0.4) is 0 Å². The summed E-state index contributed by atoms with van der Waals surface area (Å²) in [7, 11) is 0. The fourth-order valence-electron chi connectivity index (χ4n) is 1.70. The Morgan fingerprint density at radius 3 is 2.76 bits per heavy atom. The number of amides is 1. The third-order valence-electron chi connectivity index (χ3n) is 2.63. The lowest BCUT2D eigenvalue weighted by molar-refractivity contribution is 0.0944. The Hall–Kier alpha value is -1.61. The number of carbonyl (C=O) groups is 1. The highest BCUT2D eigenvalue weighted by Crippen LogP contribution is 2.15. The first-order chi connectivity index (χ1) is 8.16. The summed E-state index contributed by atoms with van der Waals surface area (Å²) in [5, 5.41) is 4.91. The minimum atomic E-state index is -0.00555. The number of nitrogens with one attached hydrogen (secondary N) is 1. The van der Waals surface area contributed by atoms with Crippen LogP contribution in [-0.2, 0) is 0 Å².